The zero-order valence-electron chi connectivity index (χ0n) is 21.6. The summed E-state index contributed by atoms with van der Waals surface area (Å²) in [7, 11) is -3.57. The molecule has 2 saturated heterocycles. The van der Waals surface area contributed by atoms with Crippen molar-refractivity contribution in [1.29, 1.82) is 0 Å². The summed E-state index contributed by atoms with van der Waals surface area (Å²) in [4.78, 5) is 15.4. The normalized spacial score (nSPS) is 21.9. The molecule has 2 aliphatic rings. The minimum atomic E-state index is -3.57. The van der Waals surface area contributed by atoms with Crippen LogP contribution in [0, 0.1) is 5.82 Å². The van der Waals surface area contributed by atoms with Crippen LogP contribution in [-0.4, -0.2) is 60.5 Å². The molecule has 2 aromatic rings. The largest absolute Gasteiger partial charge is 0.368 e. The van der Waals surface area contributed by atoms with E-state index in [1.807, 2.05) is 38.1 Å². The first-order valence-electron chi connectivity index (χ1n) is 12.9. The minimum absolute atomic E-state index is 0.0365. The lowest BCUT2D eigenvalue weighted by atomic mass is 9.94. The van der Waals surface area contributed by atoms with E-state index in [9.17, 15) is 13.2 Å². The monoisotopic (exact) mass is 515 g/mol. The lowest BCUT2D eigenvalue weighted by molar-refractivity contribution is -0.129. The Labute approximate surface area is 215 Å². The van der Waals surface area contributed by atoms with Crippen molar-refractivity contribution in [3.63, 3.8) is 0 Å². The maximum Gasteiger partial charge on any atom is 0.219 e. The molecule has 2 aromatic carbocycles. The van der Waals surface area contributed by atoms with Gasteiger partial charge in [-0.2, -0.15) is 4.31 Å². The van der Waals surface area contributed by atoms with Gasteiger partial charge in [-0.1, -0.05) is 36.4 Å². The highest BCUT2D eigenvalue weighted by molar-refractivity contribution is 7.89. The van der Waals surface area contributed by atoms with Crippen molar-refractivity contribution in [3.05, 3.63) is 65.5 Å². The fraction of sp³-hybridized carbons (Fsp3) is 0.536. The van der Waals surface area contributed by atoms with Crippen LogP contribution in [0.2, 0.25) is 0 Å². The number of carbonyl (C=O) groups is 1. The molecule has 8 heteroatoms. The number of carbonyl (C=O) groups excluding carboxylic acids is 1. The topological polar surface area (TPSA) is 60.9 Å². The van der Waals surface area contributed by atoms with Crippen molar-refractivity contribution in [3.8, 4) is 0 Å². The molecule has 0 bridgehead atoms. The standard InChI is InChI=1S/C28H38FN3O3S/c1-22(33)30-16-18-31(19-17-30)25-13-12-24(27(29)20-25)21-32-28(2,3)15-14-26(36(32,34)35)11-7-10-23-8-5-4-6-9-23/h4-6,8-9,12-13,20,26H,7,10-11,14-19,21H2,1-3H3. The summed E-state index contributed by atoms with van der Waals surface area (Å²) in [6.45, 7) is 8.00. The van der Waals surface area contributed by atoms with E-state index < -0.39 is 26.6 Å². The van der Waals surface area contributed by atoms with Gasteiger partial charge in [-0.05, 0) is 63.6 Å². The number of hydrogen-bond donors (Lipinski definition) is 0. The van der Waals surface area contributed by atoms with Gasteiger partial charge in [0.1, 0.15) is 5.82 Å². The first-order valence-corrected chi connectivity index (χ1v) is 14.4. The summed E-state index contributed by atoms with van der Waals surface area (Å²) in [5, 5.41) is -0.436. The summed E-state index contributed by atoms with van der Waals surface area (Å²) in [5.41, 5.74) is 1.80. The van der Waals surface area contributed by atoms with Gasteiger partial charge in [0.05, 0.1) is 5.25 Å². The van der Waals surface area contributed by atoms with Crippen molar-refractivity contribution in [2.75, 3.05) is 31.1 Å². The fourth-order valence-electron chi connectivity index (χ4n) is 5.38. The van der Waals surface area contributed by atoms with Crippen LogP contribution in [0.15, 0.2) is 48.5 Å². The van der Waals surface area contributed by atoms with E-state index in [1.165, 1.54) is 15.9 Å². The molecule has 0 saturated carbocycles. The molecule has 196 valence electrons. The molecule has 1 unspecified atom stereocenters. The van der Waals surface area contributed by atoms with Gasteiger partial charge in [0.25, 0.3) is 0 Å². The molecular formula is C28H38FN3O3S. The van der Waals surface area contributed by atoms with Crippen LogP contribution in [0.3, 0.4) is 0 Å². The first-order chi connectivity index (χ1) is 17.1. The molecule has 6 nitrogen and oxygen atoms in total. The number of halogens is 1. The molecule has 36 heavy (non-hydrogen) atoms. The Hall–Kier alpha value is -2.45. The molecule has 1 atom stereocenters. The lowest BCUT2D eigenvalue weighted by Gasteiger charge is -2.44. The zero-order valence-corrected chi connectivity index (χ0v) is 22.4. The second-order valence-corrected chi connectivity index (χ2v) is 12.8. The summed E-state index contributed by atoms with van der Waals surface area (Å²) in [6.07, 6.45) is 3.66. The predicted molar refractivity (Wildman–Crippen MR) is 142 cm³/mol. The van der Waals surface area contributed by atoms with Gasteiger partial charge in [0.15, 0.2) is 0 Å². The highest BCUT2D eigenvalue weighted by atomic mass is 32.2. The predicted octanol–water partition coefficient (Wildman–Crippen LogP) is 4.59. The van der Waals surface area contributed by atoms with E-state index in [4.69, 9.17) is 0 Å². The summed E-state index contributed by atoms with van der Waals surface area (Å²) in [5.74, 6) is -0.335. The van der Waals surface area contributed by atoms with Gasteiger partial charge < -0.3 is 9.80 Å². The Morgan fingerprint density at radius 2 is 1.75 bits per heavy atom. The summed E-state index contributed by atoms with van der Waals surface area (Å²) in [6, 6.07) is 15.2. The zero-order chi connectivity index (χ0) is 25.9. The molecule has 0 aromatic heterocycles. The third-order valence-corrected chi connectivity index (χ3v) is 10.3. The molecule has 0 aliphatic carbocycles. The van der Waals surface area contributed by atoms with E-state index in [1.54, 1.807) is 17.9 Å². The minimum Gasteiger partial charge on any atom is -0.368 e. The Kier molecular flexibility index (Phi) is 8.05. The van der Waals surface area contributed by atoms with Gasteiger partial charge in [0, 0.05) is 56.4 Å². The Balaban J connectivity index is 1.44. The molecule has 2 fully saturated rings. The number of aryl methyl sites for hydroxylation is 1. The number of hydrogen-bond acceptors (Lipinski definition) is 4. The van der Waals surface area contributed by atoms with Gasteiger partial charge in [0.2, 0.25) is 15.9 Å². The van der Waals surface area contributed by atoms with Crippen LogP contribution in [0.1, 0.15) is 57.6 Å². The molecule has 4 rings (SSSR count). The second-order valence-electron chi connectivity index (χ2n) is 10.7. The van der Waals surface area contributed by atoms with E-state index in [2.05, 4.69) is 17.0 Å². The SMILES string of the molecule is CC(=O)N1CCN(c2ccc(CN3C(C)(C)CCC(CCCc4ccccc4)S3(=O)=O)c(F)c2)CC1. The molecule has 2 aliphatic heterocycles. The van der Waals surface area contributed by atoms with Gasteiger partial charge >= 0.3 is 0 Å². The smallest absolute Gasteiger partial charge is 0.219 e. The number of sulfonamides is 1. The van der Waals surface area contributed by atoms with Gasteiger partial charge in [-0.15, -0.1) is 0 Å². The molecular weight excluding hydrogens is 477 g/mol. The van der Waals surface area contributed by atoms with E-state index in [0.717, 1.165) is 24.9 Å². The van der Waals surface area contributed by atoms with Crippen molar-refractivity contribution in [2.45, 2.75) is 70.2 Å². The maximum atomic E-state index is 15.2. The molecule has 0 N–H and O–H groups in total. The highest BCUT2D eigenvalue weighted by Gasteiger charge is 2.45. The number of nitrogens with zero attached hydrogens (tertiary/aromatic N) is 3. The Morgan fingerprint density at radius 1 is 1.06 bits per heavy atom. The molecule has 2 heterocycles. The average molecular weight is 516 g/mol. The molecule has 1 amide bonds. The third kappa shape index (κ3) is 5.92. The van der Waals surface area contributed by atoms with Crippen LogP contribution >= 0.6 is 0 Å². The Morgan fingerprint density at radius 3 is 2.39 bits per heavy atom. The second kappa shape index (κ2) is 10.9. The molecule has 0 radical (unpaired) electrons. The summed E-state index contributed by atoms with van der Waals surface area (Å²) >= 11 is 0. The highest BCUT2D eigenvalue weighted by Crippen LogP contribution is 2.38. The van der Waals surface area contributed by atoms with Crippen LogP contribution in [0.5, 0.6) is 0 Å². The third-order valence-electron chi connectivity index (χ3n) is 7.76. The maximum absolute atomic E-state index is 15.2. The van der Waals surface area contributed by atoms with Gasteiger partial charge in [-0.25, -0.2) is 12.8 Å². The van der Waals surface area contributed by atoms with Crippen LogP contribution in [-0.2, 0) is 27.8 Å². The van der Waals surface area contributed by atoms with Crippen molar-refractivity contribution in [2.24, 2.45) is 0 Å². The first kappa shape index (κ1) is 26.6. The summed E-state index contributed by atoms with van der Waals surface area (Å²) < 4.78 is 44.1. The van der Waals surface area contributed by atoms with Crippen LogP contribution in [0.4, 0.5) is 10.1 Å². The number of rotatable bonds is 7. The number of amides is 1. The van der Waals surface area contributed by atoms with Crippen molar-refractivity contribution in [1.82, 2.24) is 9.21 Å². The van der Waals surface area contributed by atoms with Gasteiger partial charge in [-0.3, -0.25) is 4.79 Å². The van der Waals surface area contributed by atoms with Crippen LogP contribution in [0.25, 0.3) is 0 Å². The number of anilines is 1. The lowest BCUT2D eigenvalue weighted by Crippen LogP contribution is -2.54. The quantitative estimate of drug-likeness (QED) is 0.541. The average Bonchev–Trinajstić information content (AvgIpc) is 2.84. The van der Waals surface area contributed by atoms with E-state index in [0.29, 0.717) is 44.6 Å². The van der Waals surface area contributed by atoms with Crippen molar-refractivity contribution >= 4 is 21.6 Å². The van der Waals surface area contributed by atoms with E-state index >= 15 is 4.39 Å². The van der Waals surface area contributed by atoms with E-state index in [-0.39, 0.29) is 12.5 Å². The van der Waals surface area contributed by atoms with Crippen LogP contribution < -0.4 is 4.90 Å². The number of piperazine rings is 1. The fourth-order valence-corrected chi connectivity index (χ4v) is 7.72. The van der Waals surface area contributed by atoms with Crippen molar-refractivity contribution < 1.29 is 17.6 Å². The number of benzene rings is 2. The Bertz CT molecular complexity index is 1160. The molecule has 0 spiro atoms.